The van der Waals surface area contributed by atoms with Crippen molar-refractivity contribution in [3.63, 3.8) is 0 Å². The molecule has 1 amide bonds. The lowest BCUT2D eigenvalue weighted by Crippen LogP contribution is -2.39. The van der Waals surface area contributed by atoms with Crippen molar-refractivity contribution >= 4 is 17.5 Å². The van der Waals surface area contributed by atoms with Gasteiger partial charge in [0, 0.05) is 43.6 Å². The van der Waals surface area contributed by atoms with Crippen LogP contribution < -0.4 is 10.1 Å². The fourth-order valence-electron chi connectivity index (χ4n) is 4.40. The van der Waals surface area contributed by atoms with Gasteiger partial charge < -0.3 is 15.0 Å². The van der Waals surface area contributed by atoms with Gasteiger partial charge in [0.15, 0.2) is 0 Å². The monoisotopic (exact) mass is 430 g/mol. The van der Waals surface area contributed by atoms with Gasteiger partial charge in [-0.3, -0.25) is 9.48 Å². The number of hydrogen-bond donors (Lipinski definition) is 1. The number of hydrogen-bond acceptors (Lipinski definition) is 4. The molecule has 1 saturated carbocycles. The smallest absolute Gasteiger partial charge is 0.251 e. The van der Waals surface area contributed by atoms with Crippen LogP contribution in [0.2, 0.25) is 5.02 Å². The quantitative estimate of drug-likeness (QED) is 0.683. The van der Waals surface area contributed by atoms with Gasteiger partial charge in [0.05, 0.1) is 5.02 Å². The van der Waals surface area contributed by atoms with Crippen LogP contribution in [0.5, 0.6) is 5.75 Å². The fraction of sp³-hybridized carbons (Fsp3) is 0.565. The maximum Gasteiger partial charge on any atom is 0.251 e. The average Bonchev–Trinajstić information content (AvgIpc) is 3.45. The number of benzene rings is 1. The lowest BCUT2D eigenvalue weighted by atomic mass is 10.1. The molecular formula is C23H31ClN4O2. The predicted molar refractivity (Wildman–Crippen MR) is 118 cm³/mol. The Morgan fingerprint density at radius 3 is 2.67 bits per heavy atom. The molecule has 1 saturated heterocycles. The number of likely N-dealkylation sites (tertiary alicyclic amines) is 1. The van der Waals surface area contributed by atoms with Crippen molar-refractivity contribution in [2.24, 2.45) is 0 Å². The molecule has 0 atom stereocenters. The summed E-state index contributed by atoms with van der Waals surface area (Å²) >= 11 is 6.43. The largest absolute Gasteiger partial charge is 0.489 e. The Morgan fingerprint density at radius 2 is 1.97 bits per heavy atom. The van der Waals surface area contributed by atoms with E-state index in [1.807, 2.05) is 35.3 Å². The van der Waals surface area contributed by atoms with Gasteiger partial charge in [-0.05, 0) is 62.9 Å². The number of amides is 1. The topological polar surface area (TPSA) is 59.4 Å². The van der Waals surface area contributed by atoms with Gasteiger partial charge in [-0.1, -0.05) is 24.4 Å². The molecule has 6 nitrogen and oxygen atoms in total. The second-order valence-electron chi connectivity index (χ2n) is 8.38. The summed E-state index contributed by atoms with van der Waals surface area (Å²) in [7, 11) is 0. The van der Waals surface area contributed by atoms with Gasteiger partial charge in [0.2, 0.25) is 0 Å². The van der Waals surface area contributed by atoms with E-state index in [2.05, 4.69) is 15.3 Å². The molecule has 1 N–H and O–H groups in total. The van der Waals surface area contributed by atoms with E-state index in [1.54, 1.807) is 6.07 Å². The highest BCUT2D eigenvalue weighted by Gasteiger charge is 2.22. The zero-order chi connectivity index (χ0) is 20.8. The molecule has 2 aliphatic rings. The van der Waals surface area contributed by atoms with E-state index in [9.17, 15) is 4.79 Å². The SMILES string of the molecule is O=C(NC1CCCC1)c1ccc(OC2CCN(CCCn3cccn3)CC2)c(Cl)c1. The van der Waals surface area contributed by atoms with Crippen LogP contribution in [-0.2, 0) is 6.54 Å². The van der Waals surface area contributed by atoms with Gasteiger partial charge in [0.25, 0.3) is 5.91 Å². The molecule has 30 heavy (non-hydrogen) atoms. The molecule has 0 spiro atoms. The number of aromatic nitrogens is 2. The summed E-state index contributed by atoms with van der Waals surface area (Å²) in [6.07, 6.45) is 11.6. The van der Waals surface area contributed by atoms with Crippen molar-refractivity contribution < 1.29 is 9.53 Å². The van der Waals surface area contributed by atoms with Crippen molar-refractivity contribution in [1.82, 2.24) is 20.0 Å². The molecule has 2 aromatic rings. The number of carbonyl (C=O) groups is 1. The molecule has 1 aliphatic carbocycles. The molecule has 7 heteroatoms. The van der Waals surface area contributed by atoms with Crippen LogP contribution in [0.1, 0.15) is 55.3 Å². The van der Waals surface area contributed by atoms with Crippen molar-refractivity contribution in [2.45, 2.75) is 63.6 Å². The molecule has 1 aromatic carbocycles. The van der Waals surface area contributed by atoms with Crippen molar-refractivity contribution in [1.29, 1.82) is 0 Å². The molecule has 4 rings (SSSR count). The standard InChI is InChI=1S/C23H31ClN4O2/c24-21-17-18(23(29)26-19-5-1-2-6-19)7-8-22(21)30-20-9-15-27(16-10-20)12-4-14-28-13-3-11-25-28/h3,7-8,11,13,17,19-20H,1-2,4-6,9-10,12,14-16H2,(H,26,29). The Balaban J connectivity index is 1.21. The number of rotatable bonds is 8. The minimum absolute atomic E-state index is 0.0428. The number of aryl methyl sites for hydroxylation is 1. The first kappa shape index (κ1) is 21.2. The Kier molecular flexibility index (Phi) is 7.28. The summed E-state index contributed by atoms with van der Waals surface area (Å²) < 4.78 is 8.14. The normalized spacial score (nSPS) is 18.6. The van der Waals surface area contributed by atoms with Crippen LogP contribution in [-0.4, -0.2) is 52.4 Å². The lowest BCUT2D eigenvalue weighted by Gasteiger charge is -2.32. The molecule has 1 aromatic heterocycles. The molecule has 162 valence electrons. The van der Waals surface area contributed by atoms with Crippen LogP contribution in [0.15, 0.2) is 36.7 Å². The summed E-state index contributed by atoms with van der Waals surface area (Å²) in [6.45, 7) is 4.10. The zero-order valence-corrected chi connectivity index (χ0v) is 18.2. The van der Waals surface area contributed by atoms with Crippen LogP contribution in [0.3, 0.4) is 0 Å². The third-order valence-electron chi connectivity index (χ3n) is 6.13. The number of nitrogens with zero attached hydrogens (tertiary/aromatic N) is 3. The first-order chi connectivity index (χ1) is 14.7. The van der Waals surface area contributed by atoms with Crippen molar-refractivity contribution in [3.05, 3.63) is 47.2 Å². The van der Waals surface area contributed by atoms with Crippen LogP contribution in [0.4, 0.5) is 0 Å². The molecule has 2 heterocycles. The van der Waals surface area contributed by atoms with E-state index in [0.29, 0.717) is 22.4 Å². The predicted octanol–water partition coefficient (Wildman–Crippen LogP) is 4.14. The maximum absolute atomic E-state index is 12.4. The average molecular weight is 431 g/mol. The molecule has 1 aliphatic heterocycles. The van der Waals surface area contributed by atoms with E-state index in [0.717, 1.165) is 58.3 Å². The van der Waals surface area contributed by atoms with Crippen molar-refractivity contribution in [3.8, 4) is 5.75 Å². The van der Waals surface area contributed by atoms with Gasteiger partial charge in [-0.15, -0.1) is 0 Å². The molecule has 0 radical (unpaired) electrons. The highest BCUT2D eigenvalue weighted by Crippen LogP contribution is 2.29. The van der Waals surface area contributed by atoms with Gasteiger partial charge in [-0.2, -0.15) is 5.10 Å². The second-order valence-corrected chi connectivity index (χ2v) is 8.79. The summed E-state index contributed by atoms with van der Waals surface area (Å²) in [5.74, 6) is 0.630. The summed E-state index contributed by atoms with van der Waals surface area (Å²) in [4.78, 5) is 14.9. The van der Waals surface area contributed by atoms with E-state index in [-0.39, 0.29) is 12.0 Å². The first-order valence-electron chi connectivity index (χ1n) is 11.1. The van der Waals surface area contributed by atoms with Crippen molar-refractivity contribution in [2.75, 3.05) is 19.6 Å². The first-order valence-corrected chi connectivity index (χ1v) is 11.5. The van der Waals surface area contributed by atoms with Crippen LogP contribution >= 0.6 is 11.6 Å². The number of ether oxygens (including phenoxy) is 1. The van der Waals surface area contributed by atoms with Gasteiger partial charge >= 0.3 is 0 Å². The lowest BCUT2D eigenvalue weighted by molar-refractivity contribution is 0.0937. The van der Waals surface area contributed by atoms with Gasteiger partial charge in [-0.25, -0.2) is 0 Å². The summed E-state index contributed by atoms with van der Waals surface area (Å²) in [5.41, 5.74) is 0.603. The maximum atomic E-state index is 12.4. The third-order valence-corrected chi connectivity index (χ3v) is 6.43. The molecule has 0 unspecified atom stereocenters. The summed E-state index contributed by atoms with van der Waals surface area (Å²) in [5, 5.41) is 7.86. The third kappa shape index (κ3) is 5.76. The Bertz CT molecular complexity index is 813. The van der Waals surface area contributed by atoms with E-state index < -0.39 is 0 Å². The highest BCUT2D eigenvalue weighted by molar-refractivity contribution is 6.32. The Morgan fingerprint density at radius 1 is 1.17 bits per heavy atom. The minimum Gasteiger partial charge on any atom is -0.489 e. The fourth-order valence-corrected chi connectivity index (χ4v) is 4.62. The number of carbonyl (C=O) groups excluding carboxylic acids is 1. The number of piperidine rings is 1. The molecule has 2 fully saturated rings. The molecule has 0 bridgehead atoms. The zero-order valence-electron chi connectivity index (χ0n) is 17.4. The van der Waals surface area contributed by atoms with E-state index in [1.165, 1.54) is 12.8 Å². The van der Waals surface area contributed by atoms with E-state index in [4.69, 9.17) is 16.3 Å². The Hall–Kier alpha value is -2.05. The Labute approximate surface area is 183 Å². The van der Waals surface area contributed by atoms with Crippen LogP contribution in [0, 0.1) is 0 Å². The van der Waals surface area contributed by atoms with E-state index >= 15 is 0 Å². The molecular weight excluding hydrogens is 400 g/mol. The second kappa shape index (κ2) is 10.3. The highest BCUT2D eigenvalue weighted by atomic mass is 35.5. The number of halogens is 1. The summed E-state index contributed by atoms with van der Waals surface area (Å²) in [6, 6.07) is 7.64. The van der Waals surface area contributed by atoms with Crippen LogP contribution in [0.25, 0.3) is 0 Å². The minimum atomic E-state index is -0.0428. The van der Waals surface area contributed by atoms with Gasteiger partial charge in [0.1, 0.15) is 11.9 Å². The number of nitrogens with one attached hydrogen (secondary N) is 1.